The summed E-state index contributed by atoms with van der Waals surface area (Å²) in [5, 5.41) is 13.7. The molecule has 1 fully saturated rings. The number of anilines is 1. The van der Waals surface area contributed by atoms with Gasteiger partial charge >= 0.3 is 0 Å². The van der Waals surface area contributed by atoms with E-state index < -0.39 is 0 Å². The quantitative estimate of drug-likeness (QED) is 0.859. The van der Waals surface area contributed by atoms with Crippen LogP contribution in [0.5, 0.6) is 5.75 Å². The van der Waals surface area contributed by atoms with E-state index in [0.717, 1.165) is 29.8 Å². The number of nitrogens with one attached hydrogen (secondary N) is 1. The van der Waals surface area contributed by atoms with Gasteiger partial charge in [0.1, 0.15) is 5.75 Å². The minimum absolute atomic E-state index is 0.415. The Balaban J connectivity index is 2.15. The largest absolute Gasteiger partial charge is 0.507 e. The fourth-order valence-corrected chi connectivity index (χ4v) is 2.93. The monoisotopic (exact) mass is 262 g/mol. The third-order valence-corrected chi connectivity index (χ3v) is 4.58. The zero-order valence-electron chi connectivity index (χ0n) is 12.7. The molecule has 106 valence electrons. The number of phenols is 1. The second-order valence-corrected chi connectivity index (χ2v) is 6.16. The van der Waals surface area contributed by atoms with Crippen LogP contribution in [0.4, 0.5) is 5.69 Å². The highest BCUT2D eigenvalue weighted by Gasteiger charge is 2.29. The zero-order valence-corrected chi connectivity index (χ0v) is 12.7. The number of hydrogen-bond donors (Lipinski definition) is 2. The Labute approximate surface area is 116 Å². The molecule has 3 nitrogen and oxygen atoms in total. The number of hydrogen-bond acceptors (Lipinski definition) is 3. The van der Waals surface area contributed by atoms with E-state index in [1.54, 1.807) is 0 Å². The lowest BCUT2D eigenvalue weighted by molar-refractivity contribution is 0.145. The van der Waals surface area contributed by atoms with Gasteiger partial charge in [-0.05, 0) is 51.8 Å². The average molecular weight is 262 g/mol. The van der Waals surface area contributed by atoms with Crippen molar-refractivity contribution in [1.29, 1.82) is 0 Å². The minimum atomic E-state index is 0.415. The molecule has 2 rings (SSSR count). The van der Waals surface area contributed by atoms with Crippen molar-refractivity contribution in [3.05, 3.63) is 23.3 Å². The maximum absolute atomic E-state index is 10.0. The summed E-state index contributed by atoms with van der Waals surface area (Å²) in [5.74, 6) is 1.03. The lowest BCUT2D eigenvalue weighted by atomic mass is 9.89. The van der Waals surface area contributed by atoms with Crippen LogP contribution in [0.25, 0.3) is 0 Å². The number of benzene rings is 1. The second kappa shape index (κ2) is 5.41. The molecule has 19 heavy (non-hydrogen) atoms. The van der Waals surface area contributed by atoms with Gasteiger partial charge in [-0.15, -0.1) is 0 Å². The summed E-state index contributed by atoms with van der Waals surface area (Å²) in [6.07, 6.45) is 1.14. The molecular weight excluding hydrogens is 236 g/mol. The molecule has 0 aromatic heterocycles. The summed E-state index contributed by atoms with van der Waals surface area (Å²) in [4.78, 5) is 2.42. The first kappa shape index (κ1) is 14.2. The number of nitrogens with zero attached hydrogens (tertiary/aromatic N) is 1. The molecule has 0 spiro atoms. The molecule has 1 saturated heterocycles. The average Bonchev–Trinajstić information content (AvgIpc) is 2.36. The first-order valence-corrected chi connectivity index (χ1v) is 7.16. The lowest BCUT2D eigenvalue weighted by Crippen LogP contribution is -2.48. The van der Waals surface area contributed by atoms with Crippen molar-refractivity contribution in [3.8, 4) is 5.75 Å². The fraction of sp³-hybridized carbons (Fsp3) is 0.625. The molecule has 0 amide bonds. The lowest BCUT2D eigenvalue weighted by Gasteiger charge is -2.40. The van der Waals surface area contributed by atoms with Gasteiger partial charge in [-0.1, -0.05) is 13.0 Å². The molecule has 3 heteroatoms. The normalized spacial score (nSPS) is 28.4. The molecule has 1 aliphatic heterocycles. The minimum Gasteiger partial charge on any atom is -0.507 e. The number of aromatic hydroxyl groups is 1. The van der Waals surface area contributed by atoms with Crippen LogP contribution in [0.15, 0.2) is 12.1 Å². The predicted molar refractivity (Wildman–Crippen MR) is 80.9 cm³/mol. The second-order valence-electron chi connectivity index (χ2n) is 6.16. The molecule has 3 unspecified atom stereocenters. The van der Waals surface area contributed by atoms with Crippen LogP contribution in [-0.4, -0.2) is 35.7 Å². The van der Waals surface area contributed by atoms with Gasteiger partial charge in [-0.2, -0.15) is 0 Å². The van der Waals surface area contributed by atoms with Gasteiger partial charge < -0.3 is 15.3 Å². The molecule has 2 N–H and O–H groups in total. The van der Waals surface area contributed by atoms with E-state index >= 15 is 0 Å². The van der Waals surface area contributed by atoms with E-state index in [9.17, 15) is 5.11 Å². The van der Waals surface area contributed by atoms with Gasteiger partial charge in [0, 0.05) is 29.9 Å². The highest BCUT2D eigenvalue weighted by molar-refractivity contribution is 5.59. The van der Waals surface area contributed by atoms with Crippen molar-refractivity contribution in [2.24, 2.45) is 5.92 Å². The standard InChI is InChI=1S/C16H26N2O/c1-10-6-7-14(13(4)16(10)19)17-15-8-12(3)18(5)9-11(15)2/h6-7,11-12,15,17,19H,8-9H2,1-5H3. The molecule has 1 aromatic rings. The van der Waals surface area contributed by atoms with Gasteiger partial charge in [-0.3, -0.25) is 0 Å². The van der Waals surface area contributed by atoms with Crippen LogP contribution in [0.2, 0.25) is 0 Å². The maximum Gasteiger partial charge on any atom is 0.123 e. The van der Waals surface area contributed by atoms with Crippen LogP contribution >= 0.6 is 0 Å². The van der Waals surface area contributed by atoms with Crippen molar-refractivity contribution in [2.75, 3.05) is 18.9 Å². The molecule has 0 saturated carbocycles. The van der Waals surface area contributed by atoms with Crippen molar-refractivity contribution in [3.63, 3.8) is 0 Å². The molecule has 0 aliphatic carbocycles. The smallest absolute Gasteiger partial charge is 0.123 e. The summed E-state index contributed by atoms with van der Waals surface area (Å²) in [5.41, 5.74) is 2.96. The van der Waals surface area contributed by atoms with Crippen molar-refractivity contribution >= 4 is 5.69 Å². The van der Waals surface area contributed by atoms with Crippen molar-refractivity contribution < 1.29 is 5.11 Å². The molecule has 1 aliphatic rings. The SMILES string of the molecule is Cc1ccc(NC2CC(C)N(C)CC2C)c(C)c1O. The Morgan fingerprint density at radius 2 is 1.95 bits per heavy atom. The summed E-state index contributed by atoms with van der Waals surface area (Å²) >= 11 is 0. The zero-order chi connectivity index (χ0) is 14.2. The van der Waals surface area contributed by atoms with Crippen molar-refractivity contribution in [1.82, 2.24) is 4.90 Å². The highest BCUT2D eigenvalue weighted by atomic mass is 16.3. The maximum atomic E-state index is 10.0. The predicted octanol–water partition coefficient (Wildman–Crippen LogP) is 3.15. The summed E-state index contributed by atoms with van der Waals surface area (Å²) in [7, 11) is 2.19. The van der Waals surface area contributed by atoms with Gasteiger partial charge in [0.2, 0.25) is 0 Å². The Hall–Kier alpha value is -1.22. The topological polar surface area (TPSA) is 35.5 Å². The van der Waals surface area contributed by atoms with E-state index in [2.05, 4.69) is 37.2 Å². The van der Waals surface area contributed by atoms with E-state index in [1.165, 1.54) is 0 Å². The molecule has 1 aromatic carbocycles. The van der Waals surface area contributed by atoms with E-state index in [1.807, 2.05) is 19.9 Å². The Morgan fingerprint density at radius 3 is 2.63 bits per heavy atom. The van der Waals surface area contributed by atoms with E-state index in [-0.39, 0.29) is 0 Å². The number of aryl methyl sites for hydroxylation is 1. The Morgan fingerprint density at radius 1 is 1.26 bits per heavy atom. The molecule has 0 bridgehead atoms. The molecule has 1 heterocycles. The van der Waals surface area contributed by atoms with Gasteiger partial charge in [0.05, 0.1) is 0 Å². The van der Waals surface area contributed by atoms with Gasteiger partial charge in [0.25, 0.3) is 0 Å². The van der Waals surface area contributed by atoms with E-state index in [4.69, 9.17) is 0 Å². The summed E-state index contributed by atoms with van der Waals surface area (Å²) in [6.45, 7) is 9.61. The number of likely N-dealkylation sites (tertiary alicyclic amines) is 1. The van der Waals surface area contributed by atoms with Crippen LogP contribution in [0.3, 0.4) is 0 Å². The van der Waals surface area contributed by atoms with Crippen molar-refractivity contribution in [2.45, 2.75) is 46.2 Å². The van der Waals surface area contributed by atoms with Crippen LogP contribution in [-0.2, 0) is 0 Å². The highest BCUT2D eigenvalue weighted by Crippen LogP contribution is 2.31. The van der Waals surface area contributed by atoms with Gasteiger partial charge in [-0.25, -0.2) is 0 Å². The molecular formula is C16H26N2O. The first-order chi connectivity index (χ1) is 8.90. The summed E-state index contributed by atoms with van der Waals surface area (Å²) in [6, 6.07) is 5.15. The molecule has 0 radical (unpaired) electrons. The number of piperidine rings is 1. The van der Waals surface area contributed by atoms with Crippen LogP contribution in [0, 0.1) is 19.8 Å². The third kappa shape index (κ3) is 2.86. The summed E-state index contributed by atoms with van der Waals surface area (Å²) < 4.78 is 0. The Kier molecular flexibility index (Phi) is 4.04. The van der Waals surface area contributed by atoms with Crippen LogP contribution in [0.1, 0.15) is 31.4 Å². The first-order valence-electron chi connectivity index (χ1n) is 7.16. The van der Waals surface area contributed by atoms with Crippen LogP contribution < -0.4 is 5.32 Å². The van der Waals surface area contributed by atoms with E-state index in [0.29, 0.717) is 23.8 Å². The number of phenolic OH excluding ortho intramolecular Hbond substituents is 1. The Bertz CT molecular complexity index is 458. The number of rotatable bonds is 2. The third-order valence-electron chi connectivity index (χ3n) is 4.58. The fourth-order valence-electron chi connectivity index (χ4n) is 2.93. The van der Waals surface area contributed by atoms with Gasteiger partial charge in [0.15, 0.2) is 0 Å². The molecule has 3 atom stereocenters.